The molecule has 6 heteroatoms. The Morgan fingerprint density at radius 3 is 2.21 bits per heavy atom. The van der Waals surface area contributed by atoms with Gasteiger partial charge in [-0.05, 0) is 30.7 Å². The van der Waals surface area contributed by atoms with Crippen molar-refractivity contribution in [3.05, 3.63) is 47.8 Å². The standard InChI is InChI=1S/C13H11FO4S/c1-8-6-10(15)11(16)7-13(8)19(17,18)12-5-3-2-4-9(12)14/h2-7,15-16H,1H3. The summed E-state index contributed by atoms with van der Waals surface area (Å²) < 4.78 is 38.2. The third-order valence-electron chi connectivity index (χ3n) is 2.69. The molecule has 0 heterocycles. The maximum absolute atomic E-state index is 13.6. The molecule has 0 aliphatic rings. The molecule has 0 amide bonds. The van der Waals surface area contributed by atoms with Crippen LogP contribution in [0.2, 0.25) is 0 Å². The summed E-state index contributed by atoms with van der Waals surface area (Å²) >= 11 is 0. The molecule has 0 spiro atoms. The quantitative estimate of drug-likeness (QED) is 0.829. The van der Waals surface area contributed by atoms with Gasteiger partial charge in [-0.25, -0.2) is 12.8 Å². The summed E-state index contributed by atoms with van der Waals surface area (Å²) in [6, 6.07) is 7.01. The molecule has 0 fully saturated rings. The van der Waals surface area contributed by atoms with Crippen molar-refractivity contribution in [3.63, 3.8) is 0 Å². The largest absolute Gasteiger partial charge is 0.504 e. The SMILES string of the molecule is Cc1cc(O)c(O)cc1S(=O)(=O)c1ccccc1F. The fourth-order valence-electron chi connectivity index (χ4n) is 1.73. The van der Waals surface area contributed by atoms with Gasteiger partial charge in [-0.2, -0.15) is 0 Å². The van der Waals surface area contributed by atoms with Crippen LogP contribution in [0.5, 0.6) is 11.5 Å². The minimum atomic E-state index is -4.09. The van der Waals surface area contributed by atoms with E-state index in [4.69, 9.17) is 0 Å². The fourth-order valence-corrected chi connectivity index (χ4v) is 3.30. The van der Waals surface area contributed by atoms with Crippen molar-refractivity contribution >= 4 is 9.84 Å². The fraction of sp³-hybridized carbons (Fsp3) is 0.0769. The normalized spacial score (nSPS) is 11.5. The van der Waals surface area contributed by atoms with Crippen molar-refractivity contribution in [2.45, 2.75) is 16.7 Å². The van der Waals surface area contributed by atoms with Gasteiger partial charge in [0.15, 0.2) is 11.5 Å². The maximum Gasteiger partial charge on any atom is 0.209 e. The van der Waals surface area contributed by atoms with Crippen LogP contribution in [0.15, 0.2) is 46.2 Å². The van der Waals surface area contributed by atoms with Crippen molar-refractivity contribution in [1.29, 1.82) is 0 Å². The van der Waals surface area contributed by atoms with Crippen LogP contribution in [0, 0.1) is 12.7 Å². The van der Waals surface area contributed by atoms with Gasteiger partial charge in [-0.3, -0.25) is 0 Å². The van der Waals surface area contributed by atoms with Crippen molar-refractivity contribution in [2.24, 2.45) is 0 Å². The van der Waals surface area contributed by atoms with E-state index in [0.29, 0.717) is 0 Å². The van der Waals surface area contributed by atoms with Gasteiger partial charge >= 0.3 is 0 Å². The molecule has 0 bridgehead atoms. The second kappa shape index (κ2) is 4.55. The van der Waals surface area contributed by atoms with Crippen LogP contribution >= 0.6 is 0 Å². The lowest BCUT2D eigenvalue weighted by Crippen LogP contribution is -2.06. The van der Waals surface area contributed by atoms with Gasteiger partial charge in [0.2, 0.25) is 9.84 Å². The summed E-state index contributed by atoms with van der Waals surface area (Å²) in [7, 11) is -4.09. The number of benzene rings is 2. The number of hydrogen-bond acceptors (Lipinski definition) is 4. The average molecular weight is 282 g/mol. The summed E-state index contributed by atoms with van der Waals surface area (Å²) in [5, 5.41) is 18.7. The lowest BCUT2D eigenvalue weighted by molar-refractivity contribution is 0.401. The molecule has 0 saturated heterocycles. The molecule has 0 atom stereocenters. The van der Waals surface area contributed by atoms with Gasteiger partial charge in [-0.15, -0.1) is 0 Å². The summed E-state index contributed by atoms with van der Waals surface area (Å²) in [5.41, 5.74) is 0.221. The van der Waals surface area contributed by atoms with Crippen LogP contribution in [0.4, 0.5) is 4.39 Å². The Bertz CT molecular complexity index is 738. The Kier molecular flexibility index (Phi) is 3.20. The van der Waals surface area contributed by atoms with E-state index in [-0.39, 0.29) is 10.5 Å². The monoisotopic (exact) mass is 282 g/mol. The summed E-state index contributed by atoms with van der Waals surface area (Å²) in [5.74, 6) is -1.86. The first-order chi connectivity index (χ1) is 8.84. The van der Waals surface area contributed by atoms with Crippen molar-refractivity contribution < 1.29 is 23.0 Å². The molecule has 19 heavy (non-hydrogen) atoms. The highest BCUT2D eigenvalue weighted by atomic mass is 32.2. The zero-order valence-electron chi connectivity index (χ0n) is 9.96. The minimum Gasteiger partial charge on any atom is -0.504 e. The van der Waals surface area contributed by atoms with Gasteiger partial charge in [0.1, 0.15) is 10.7 Å². The zero-order valence-corrected chi connectivity index (χ0v) is 10.8. The van der Waals surface area contributed by atoms with E-state index in [1.54, 1.807) is 0 Å². The first kappa shape index (κ1) is 13.4. The number of phenolic OH excluding ortho intramolecular Hbond substituents is 2. The number of halogens is 1. The second-order valence-electron chi connectivity index (χ2n) is 4.04. The Morgan fingerprint density at radius 1 is 1.00 bits per heavy atom. The van der Waals surface area contributed by atoms with E-state index in [1.807, 2.05) is 0 Å². The smallest absolute Gasteiger partial charge is 0.209 e. The molecule has 2 rings (SSSR count). The van der Waals surface area contributed by atoms with Gasteiger partial charge in [-0.1, -0.05) is 12.1 Å². The topological polar surface area (TPSA) is 74.6 Å². The average Bonchev–Trinajstić information content (AvgIpc) is 2.34. The first-order valence-electron chi connectivity index (χ1n) is 5.36. The third kappa shape index (κ3) is 2.26. The van der Waals surface area contributed by atoms with Crippen molar-refractivity contribution in [3.8, 4) is 11.5 Å². The number of sulfone groups is 1. The molecular formula is C13H11FO4S. The molecule has 0 unspecified atom stereocenters. The van der Waals surface area contributed by atoms with E-state index >= 15 is 0 Å². The highest BCUT2D eigenvalue weighted by Gasteiger charge is 2.24. The molecule has 0 saturated carbocycles. The molecule has 0 aromatic heterocycles. The number of rotatable bonds is 2. The van der Waals surface area contributed by atoms with Crippen LogP contribution in [0.1, 0.15) is 5.56 Å². The van der Waals surface area contributed by atoms with E-state index < -0.39 is 32.0 Å². The first-order valence-corrected chi connectivity index (χ1v) is 6.84. The Labute approximate surface area is 109 Å². The minimum absolute atomic E-state index is 0.221. The zero-order chi connectivity index (χ0) is 14.2. The molecule has 2 aromatic carbocycles. The molecule has 4 nitrogen and oxygen atoms in total. The van der Waals surface area contributed by atoms with Gasteiger partial charge in [0, 0.05) is 6.07 Å². The lowest BCUT2D eigenvalue weighted by Gasteiger charge is -2.10. The van der Waals surface area contributed by atoms with E-state index in [1.165, 1.54) is 19.1 Å². The summed E-state index contributed by atoms with van der Waals surface area (Å²) in [4.78, 5) is -0.712. The molecule has 2 aromatic rings. The molecular weight excluding hydrogens is 271 g/mol. The van der Waals surface area contributed by atoms with Crippen LogP contribution in [0.25, 0.3) is 0 Å². The molecule has 0 radical (unpaired) electrons. The number of phenols is 2. The highest BCUT2D eigenvalue weighted by molar-refractivity contribution is 7.91. The van der Waals surface area contributed by atoms with Gasteiger partial charge in [0.25, 0.3) is 0 Å². The predicted octanol–water partition coefficient (Wildman–Crippen LogP) is 2.38. The van der Waals surface area contributed by atoms with Crippen molar-refractivity contribution in [1.82, 2.24) is 0 Å². The third-order valence-corrected chi connectivity index (χ3v) is 4.62. The molecule has 2 N–H and O–H groups in total. The Hall–Kier alpha value is -2.08. The van der Waals surface area contributed by atoms with Gasteiger partial charge < -0.3 is 10.2 Å². The summed E-state index contributed by atoms with van der Waals surface area (Å²) in [6.45, 7) is 1.45. The Balaban J connectivity index is 2.71. The van der Waals surface area contributed by atoms with Crippen LogP contribution in [0.3, 0.4) is 0 Å². The molecule has 100 valence electrons. The van der Waals surface area contributed by atoms with E-state index in [2.05, 4.69) is 0 Å². The summed E-state index contributed by atoms with van der Waals surface area (Å²) in [6.07, 6.45) is 0. The number of hydrogen-bond donors (Lipinski definition) is 2. The highest BCUT2D eigenvalue weighted by Crippen LogP contribution is 2.33. The Morgan fingerprint density at radius 2 is 1.58 bits per heavy atom. The van der Waals surface area contributed by atoms with Gasteiger partial charge in [0.05, 0.1) is 4.90 Å². The molecule has 0 aliphatic carbocycles. The van der Waals surface area contributed by atoms with Crippen LogP contribution in [-0.2, 0) is 9.84 Å². The van der Waals surface area contributed by atoms with E-state index in [9.17, 15) is 23.0 Å². The van der Waals surface area contributed by atoms with Crippen LogP contribution < -0.4 is 0 Å². The maximum atomic E-state index is 13.6. The lowest BCUT2D eigenvalue weighted by atomic mass is 10.2. The van der Waals surface area contributed by atoms with Crippen LogP contribution in [-0.4, -0.2) is 18.6 Å². The second-order valence-corrected chi connectivity index (χ2v) is 5.93. The number of aryl methyl sites for hydroxylation is 1. The predicted molar refractivity (Wildman–Crippen MR) is 66.4 cm³/mol. The van der Waals surface area contributed by atoms with E-state index in [0.717, 1.165) is 24.3 Å². The van der Waals surface area contributed by atoms with Crippen molar-refractivity contribution in [2.75, 3.05) is 0 Å². The molecule has 0 aliphatic heterocycles. The number of aromatic hydroxyl groups is 2.